The van der Waals surface area contributed by atoms with Gasteiger partial charge >= 0.3 is 0 Å². The van der Waals surface area contributed by atoms with E-state index in [1.807, 2.05) is 5.32 Å². The molecule has 140 valence electrons. The molecule has 0 bridgehead atoms. The van der Waals surface area contributed by atoms with E-state index < -0.39 is 40.6 Å². The fourth-order valence-corrected chi connectivity index (χ4v) is 2.15. The van der Waals surface area contributed by atoms with Crippen molar-refractivity contribution in [3.8, 4) is 17.2 Å². The van der Waals surface area contributed by atoms with E-state index in [2.05, 4.69) is 0 Å². The fourth-order valence-electron chi connectivity index (χ4n) is 2.15. The zero-order valence-electron chi connectivity index (χ0n) is 13.7. The predicted molar refractivity (Wildman–Crippen MR) is 80.3 cm³/mol. The summed E-state index contributed by atoms with van der Waals surface area (Å²) >= 11 is 0. The average Bonchev–Trinajstić information content (AvgIpc) is 2.63. The van der Waals surface area contributed by atoms with Crippen LogP contribution < -0.4 is 19.5 Å². The van der Waals surface area contributed by atoms with Crippen LogP contribution in [0, 0.1) is 29.1 Å². The van der Waals surface area contributed by atoms with Crippen molar-refractivity contribution >= 4 is 11.6 Å². The Morgan fingerprint density at radius 3 is 1.58 bits per heavy atom. The van der Waals surface area contributed by atoms with E-state index in [0.717, 1.165) is 0 Å². The number of benzene rings is 2. The number of anilines is 1. The standard InChI is InChI=1S/C16H12F5NO4/c1-24-7-4-6(5-8(25-2)15(7)26-3)22-16(23)9-10(17)12(19)14(21)13(20)11(9)18/h4-5H,1-3H3,(H,22,23). The Balaban J connectivity index is 2.49. The van der Waals surface area contributed by atoms with E-state index in [1.54, 1.807) is 0 Å². The first-order valence-corrected chi connectivity index (χ1v) is 6.89. The highest BCUT2D eigenvalue weighted by atomic mass is 19.2. The van der Waals surface area contributed by atoms with Crippen LogP contribution in [0.25, 0.3) is 0 Å². The zero-order chi connectivity index (χ0) is 19.6. The third-order valence-corrected chi connectivity index (χ3v) is 3.36. The van der Waals surface area contributed by atoms with E-state index in [9.17, 15) is 26.7 Å². The van der Waals surface area contributed by atoms with E-state index in [0.29, 0.717) is 0 Å². The minimum absolute atomic E-state index is 0.0894. The van der Waals surface area contributed by atoms with Gasteiger partial charge in [0.25, 0.3) is 5.91 Å². The van der Waals surface area contributed by atoms with Crippen molar-refractivity contribution in [2.45, 2.75) is 0 Å². The second-order valence-corrected chi connectivity index (χ2v) is 4.81. The quantitative estimate of drug-likeness (QED) is 0.491. The highest BCUT2D eigenvalue weighted by molar-refractivity contribution is 6.05. The molecular formula is C16H12F5NO4. The molecule has 0 saturated heterocycles. The summed E-state index contributed by atoms with van der Waals surface area (Å²) in [7, 11) is 3.90. The van der Waals surface area contributed by atoms with Crippen LogP contribution in [0.1, 0.15) is 10.4 Å². The first-order chi connectivity index (χ1) is 12.3. The van der Waals surface area contributed by atoms with Crippen LogP contribution >= 0.6 is 0 Å². The van der Waals surface area contributed by atoms with Crippen LogP contribution in [0.3, 0.4) is 0 Å². The van der Waals surface area contributed by atoms with Gasteiger partial charge in [-0.05, 0) is 0 Å². The number of ether oxygens (including phenoxy) is 3. The summed E-state index contributed by atoms with van der Waals surface area (Å²) in [6.45, 7) is 0. The molecule has 2 rings (SSSR count). The molecule has 0 radical (unpaired) electrons. The Bertz CT molecular complexity index is 818. The first kappa shape index (κ1) is 19.3. The van der Waals surface area contributed by atoms with Crippen LogP contribution in [0.2, 0.25) is 0 Å². The van der Waals surface area contributed by atoms with Crippen molar-refractivity contribution in [1.82, 2.24) is 0 Å². The smallest absolute Gasteiger partial charge is 0.261 e. The molecule has 0 aromatic heterocycles. The maximum Gasteiger partial charge on any atom is 0.261 e. The Hall–Kier alpha value is -3.04. The summed E-state index contributed by atoms with van der Waals surface area (Å²) in [4.78, 5) is 12.1. The van der Waals surface area contributed by atoms with Gasteiger partial charge in [-0.25, -0.2) is 22.0 Å². The Morgan fingerprint density at radius 2 is 1.19 bits per heavy atom. The highest BCUT2D eigenvalue weighted by Gasteiger charge is 2.30. The lowest BCUT2D eigenvalue weighted by Gasteiger charge is -2.15. The van der Waals surface area contributed by atoms with Gasteiger partial charge in [0.05, 0.1) is 21.3 Å². The molecule has 0 heterocycles. The SMILES string of the molecule is COc1cc(NC(=O)c2c(F)c(F)c(F)c(F)c2F)cc(OC)c1OC. The van der Waals surface area contributed by atoms with Gasteiger partial charge in [0, 0.05) is 17.8 Å². The van der Waals surface area contributed by atoms with Crippen molar-refractivity contribution in [1.29, 1.82) is 0 Å². The molecule has 0 atom stereocenters. The first-order valence-electron chi connectivity index (χ1n) is 6.89. The molecule has 0 aliphatic carbocycles. The van der Waals surface area contributed by atoms with E-state index in [4.69, 9.17) is 14.2 Å². The molecule has 0 unspecified atom stereocenters. The topological polar surface area (TPSA) is 56.8 Å². The zero-order valence-corrected chi connectivity index (χ0v) is 13.7. The summed E-state index contributed by atoms with van der Waals surface area (Å²) in [6, 6.07) is 2.43. The average molecular weight is 377 g/mol. The van der Waals surface area contributed by atoms with Crippen LogP contribution in [0.15, 0.2) is 12.1 Å². The molecule has 0 spiro atoms. The minimum atomic E-state index is -2.36. The third-order valence-electron chi connectivity index (χ3n) is 3.36. The summed E-state index contributed by atoms with van der Waals surface area (Å²) in [5, 5.41) is 2.02. The number of hydrogen-bond donors (Lipinski definition) is 1. The van der Waals surface area contributed by atoms with Gasteiger partial charge in [-0.3, -0.25) is 4.79 Å². The molecule has 2 aromatic carbocycles. The molecule has 1 N–H and O–H groups in total. The molecule has 5 nitrogen and oxygen atoms in total. The molecular weight excluding hydrogens is 365 g/mol. The number of carbonyl (C=O) groups is 1. The molecule has 2 aromatic rings. The number of amides is 1. The summed E-state index contributed by atoms with van der Waals surface area (Å²) < 4.78 is 82.1. The van der Waals surface area contributed by atoms with Gasteiger partial charge < -0.3 is 19.5 Å². The lowest BCUT2D eigenvalue weighted by Crippen LogP contribution is -2.19. The van der Waals surface area contributed by atoms with Gasteiger partial charge in [-0.15, -0.1) is 0 Å². The van der Waals surface area contributed by atoms with Crippen molar-refractivity contribution in [3.63, 3.8) is 0 Å². The molecule has 0 saturated carbocycles. The Labute approximate surface area is 144 Å². The van der Waals surface area contributed by atoms with Gasteiger partial charge in [-0.1, -0.05) is 0 Å². The number of methoxy groups -OCH3 is 3. The lowest BCUT2D eigenvalue weighted by molar-refractivity contribution is 0.101. The number of rotatable bonds is 5. The fraction of sp³-hybridized carbons (Fsp3) is 0.188. The Kier molecular flexibility index (Phi) is 5.53. The van der Waals surface area contributed by atoms with E-state index in [1.165, 1.54) is 33.5 Å². The molecule has 26 heavy (non-hydrogen) atoms. The monoisotopic (exact) mass is 377 g/mol. The number of halogens is 5. The van der Waals surface area contributed by atoms with Crippen LogP contribution in [-0.4, -0.2) is 27.2 Å². The Morgan fingerprint density at radius 1 is 0.769 bits per heavy atom. The van der Waals surface area contributed by atoms with Gasteiger partial charge in [0.15, 0.2) is 34.8 Å². The highest BCUT2D eigenvalue weighted by Crippen LogP contribution is 2.40. The van der Waals surface area contributed by atoms with Crippen LogP contribution in [0.4, 0.5) is 27.6 Å². The molecule has 0 aliphatic heterocycles. The number of hydrogen-bond acceptors (Lipinski definition) is 4. The maximum absolute atomic E-state index is 13.7. The second-order valence-electron chi connectivity index (χ2n) is 4.81. The molecule has 0 fully saturated rings. The number of carbonyl (C=O) groups excluding carboxylic acids is 1. The third kappa shape index (κ3) is 3.22. The van der Waals surface area contributed by atoms with Gasteiger partial charge in [0.1, 0.15) is 5.56 Å². The molecule has 1 amide bonds. The van der Waals surface area contributed by atoms with E-state index >= 15 is 0 Å². The lowest BCUT2D eigenvalue weighted by atomic mass is 10.1. The summed E-state index contributed by atoms with van der Waals surface area (Å²) in [5.41, 5.74) is -1.71. The minimum Gasteiger partial charge on any atom is -0.493 e. The van der Waals surface area contributed by atoms with Gasteiger partial charge in [-0.2, -0.15) is 0 Å². The van der Waals surface area contributed by atoms with Crippen molar-refractivity contribution < 1.29 is 41.0 Å². The normalized spacial score (nSPS) is 10.5. The largest absolute Gasteiger partial charge is 0.493 e. The second kappa shape index (κ2) is 7.46. The summed E-state index contributed by atoms with van der Waals surface area (Å²) in [6.07, 6.45) is 0. The van der Waals surface area contributed by atoms with Crippen LogP contribution in [-0.2, 0) is 0 Å². The number of nitrogens with one attached hydrogen (secondary N) is 1. The van der Waals surface area contributed by atoms with E-state index in [-0.39, 0.29) is 22.9 Å². The molecule has 10 heteroatoms. The maximum atomic E-state index is 13.7. The van der Waals surface area contributed by atoms with Crippen molar-refractivity contribution in [3.05, 3.63) is 46.8 Å². The predicted octanol–water partition coefficient (Wildman–Crippen LogP) is 3.66. The van der Waals surface area contributed by atoms with Gasteiger partial charge in [0.2, 0.25) is 11.6 Å². The molecule has 0 aliphatic rings. The van der Waals surface area contributed by atoms with Crippen LogP contribution in [0.5, 0.6) is 17.2 Å². The van der Waals surface area contributed by atoms with Crippen molar-refractivity contribution in [2.24, 2.45) is 0 Å². The van der Waals surface area contributed by atoms with Crippen molar-refractivity contribution in [2.75, 3.05) is 26.6 Å². The summed E-state index contributed by atoms with van der Waals surface area (Å²) in [5.74, 6) is -12.5.